The number of hydrogen-bond acceptors (Lipinski definition) is 5. The molecule has 0 bridgehead atoms. The number of hydrogen-bond donors (Lipinski definition) is 0. The molecule has 2 aromatic heterocycles. The Morgan fingerprint density at radius 2 is 1.92 bits per heavy atom. The summed E-state index contributed by atoms with van der Waals surface area (Å²) < 4.78 is 0. The number of nitrogens with zero attached hydrogens (tertiary/aromatic N) is 3. The third kappa shape index (κ3) is 3.64. The molecule has 4 rings (SSSR count). The maximum atomic E-state index is 6.10. The van der Waals surface area contributed by atoms with Crippen LogP contribution >= 0.6 is 34.3 Å². The summed E-state index contributed by atoms with van der Waals surface area (Å²) >= 11 is 9.60. The van der Waals surface area contributed by atoms with Crippen LogP contribution < -0.4 is 4.90 Å². The molecule has 0 aliphatic carbocycles. The van der Waals surface area contributed by atoms with E-state index in [-0.39, 0.29) is 0 Å². The number of thiazole rings is 1. The van der Waals surface area contributed by atoms with Crippen LogP contribution in [0, 0.1) is 0 Å². The Hall–Kier alpha value is -1.40. The molecule has 3 nitrogen and oxygen atoms in total. The first-order valence-electron chi connectivity index (χ1n) is 7.99. The van der Waals surface area contributed by atoms with Gasteiger partial charge in [0.05, 0.1) is 10.6 Å². The molecule has 6 heteroatoms. The fraction of sp³-hybridized carbons (Fsp3) is 0.278. The normalized spacial score (nSPS) is 15.8. The zero-order valence-electron chi connectivity index (χ0n) is 13.2. The molecular weight excluding hydrogens is 358 g/mol. The van der Waals surface area contributed by atoms with E-state index in [1.807, 2.05) is 18.2 Å². The summed E-state index contributed by atoms with van der Waals surface area (Å²) in [6, 6.07) is 12.3. The minimum Gasteiger partial charge on any atom is -0.369 e. The zero-order chi connectivity index (χ0) is 16.4. The van der Waals surface area contributed by atoms with Gasteiger partial charge < -0.3 is 4.90 Å². The molecule has 0 radical (unpaired) electrons. The first-order chi connectivity index (χ1) is 11.8. The summed E-state index contributed by atoms with van der Waals surface area (Å²) in [5.74, 6) is 0. The molecule has 24 heavy (non-hydrogen) atoms. The number of aromatic nitrogens is 1. The number of benzene rings is 1. The third-order valence-corrected chi connectivity index (χ3v) is 6.38. The van der Waals surface area contributed by atoms with Crippen LogP contribution in [0.15, 0.2) is 47.2 Å². The standard InChI is InChI=1S/C18H18ClN3S2/c19-14-3-1-4-16(11-14)22-8-6-21(7-9-22)12-15-13-24-18(20-15)17-5-2-10-23-17/h1-5,10-11,13H,6-9,12H2. The van der Waals surface area contributed by atoms with Crippen molar-refractivity contribution in [2.75, 3.05) is 31.1 Å². The van der Waals surface area contributed by atoms with Crippen LogP contribution in [0.3, 0.4) is 0 Å². The molecule has 0 amide bonds. The summed E-state index contributed by atoms with van der Waals surface area (Å²) in [6.07, 6.45) is 0. The van der Waals surface area contributed by atoms with Gasteiger partial charge in [0.15, 0.2) is 0 Å². The minimum absolute atomic E-state index is 0.804. The maximum Gasteiger partial charge on any atom is 0.133 e. The summed E-state index contributed by atoms with van der Waals surface area (Å²) in [4.78, 5) is 10.9. The molecule has 0 spiro atoms. The molecule has 0 N–H and O–H groups in total. The lowest BCUT2D eigenvalue weighted by molar-refractivity contribution is 0.247. The molecule has 0 saturated carbocycles. The van der Waals surface area contributed by atoms with E-state index in [1.165, 1.54) is 16.3 Å². The second-order valence-corrected chi connectivity index (χ2v) is 8.11. The Morgan fingerprint density at radius 1 is 1.04 bits per heavy atom. The Morgan fingerprint density at radius 3 is 2.67 bits per heavy atom. The number of rotatable bonds is 4. The lowest BCUT2D eigenvalue weighted by Crippen LogP contribution is -2.46. The van der Waals surface area contributed by atoms with Crippen molar-refractivity contribution >= 4 is 40.0 Å². The van der Waals surface area contributed by atoms with E-state index in [0.29, 0.717) is 0 Å². The van der Waals surface area contributed by atoms with Crippen LogP contribution in [-0.4, -0.2) is 36.1 Å². The Bertz CT molecular complexity index is 792. The third-order valence-electron chi connectivity index (χ3n) is 4.21. The summed E-state index contributed by atoms with van der Waals surface area (Å²) in [7, 11) is 0. The van der Waals surface area contributed by atoms with Crippen LogP contribution in [0.1, 0.15) is 5.69 Å². The van der Waals surface area contributed by atoms with Crippen LogP contribution in [0.2, 0.25) is 5.02 Å². The van der Waals surface area contributed by atoms with Crippen molar-refractivity contribution in [3.63, 3.8) is 0 Å². The van der Waals surface area contributed by atoms with Gasteiger partial charge in [0.1, 0.15) is 5.01 Å². The van der Waals surface area contributed by atoms with E-state index in [4.69, 9.17) is 16.6 Å². The predicted molar refractivity (Wildman–Crippen MR) is 104 cm³/mol. The van der Waals surface area contributed by atoms with E-state index in [0.717, 1.165) is 42.8 Å². The smallest absolute Gasteiger partial charge is 0.133 e. The van der Waals surface area contributed by atoms with Crippen LogP contribution in [0.5, 0.6) is 0 Å². The Balaban J connectivity index is 1.35. The molecule has 124 valence electrons. The van der Waals surface area contributed by atoms with E-state index in [1.54, 1.807) is 22.7 Å². The number of anilines is 1. The zero-order valence-corrected chi connectivity index (χ0v) is 15.6. The van der Waals surface area contributed by atoms with Gasteiger partial charge in [-0.1, -0.05) is 23.7 Å². The van der Waals surface area contributed by atoms with Crippen molar-refractivity contribution in [2.24, 2.45) is 0 Å². The molecule has 1 aromatic carbocycles. The molecule has 0 atom stereocenters. The van der Waals surface area contributed by atoms with Crippen molar-refractivity contribution < 1.29 is 0 Å². The highest BCUT2D eigenvalue weighted by atomic mass is 35.5. The number of piperazine rings is 1. The van der Waals surface area contributed by atoms with Crippen LogP contribution in [0.25, 0.3) is 9.88 Å². The van der Waals surface area contributed by atoms with Crippen molar-refractivity contribution in [1.82, 2.24) is 9.88 Å². The fourth-order valence-corrected chi connectivity index (χ4v) is 4.77. The largest absolute Gasteiger partial charge is 0.369 e. The fourth-order valence-electron chi connectivity index (χ4n) is 2.96. The van der Waals surface area contributed by atoms with Crippen LogP contribution in [-0.2, 0) is 6.54 Å². The van der Waals surface area contributed by atoms with Crippen molar-refractivity contribution in [3.05, 3.63) is 57.9 Å². The Kier molecular flexibility index (Phi) is 4.85. The van der Waals surface area contributed by atoms with Gasteiger partial charge in [-0.05, 0) is 29.6 Å². The molecule has 1 aliphatic rings. The summed E-state index contributed by atoms with van der Waals surface area (Å²) in [5.41, 5.74) is 2.40. The van der Waals surface area contributed by atoms with Gasteiger partial charge in [-0.15, -0.1) is 22.7 Å². The summed E-state index contributed by atoms with van der Waals surface area (Å²) in [5, 5.41) is 6.24. The van der Waals surface area contributed by atoms with E-state index < -0.39 is 0 Å². The van der Waals surface area contributed by atoms with Gasteiger partial charge in [0.25, 0.3) is 0 Å². The van der Waals surface area contributed by atoms with Gasteiger partial charge in [0.2, 0.25) is 0 Å². The van der Waals surface area contributed by atoms with Gasteiger partial charge in [-0.2, -0.15) is 0 Å². The van der Waals surface area contributed by atoms with Gasteiger partial charge in [0, 0.05) is 48.8 Å². The van der Waals surface area contributed by atoms with Gasteiger partial charge in [-0.25, -0.2) is 4.98 Å². The highest BCUT2D eigenvalue weighted by Crippen LogP contribution is 2.28. The highest BCUT2D eigenvalue weighted by molar-refractivity contribution is 7.20. The molecular formula is C18H18ClN3S2. The number of halogens is 1. The highest BCUT2D eigenvalue weighted by Gasteiger charge is 2.18. The van der Waals surface area contributed by atoms with E-state index in [2.05, 4.69) is 38.8 Å². The van der Waals surface area contributed by atoms with Crippen molar-refractivity contribution in [2.45, 2.75) is 6.54 Å². The predicted octanol–water partition coefficient (Wildman–Crippen LogP) is 4.85. The lowest BCUT2D eigenvalue weighted by Gasteiger charge is -2.35. The SMILES string of the molecule is Clc1cccc(N2CCN(Cc3csc(-c4cccs4)n3)CC2)c1. The quantitative estimate of drug-likeness (QED) is 0.650. The second kappa shape index (κ2) is 7.23. The lowest BCUT2D eigenvalue weighted by atomic mass is 10.2. The second-order valence-electron chi connectivity index (χ2n) is 5.86. The monoisotopic (exact) mass is 375 g/mol. The molecule has 1 fully saturated rings. The molecule has 3 aromatic rings. The van der Waals surface area contributed by atoms with E-state index >= 15 is 0 Å². The molecule has 1 saturated heterocycles. The first kappa shape index (κ1) is 16.1. The van der Waals surface area contributed by atoms with E-state index in [9.17, 15) is 0 Å². The average molecular weight is 376 g/mol. The molecule has 3 heterocycles. The maximum absolute atomic E-state index is 6.10. The van der Waals surface area contributed by atoms with Crippen molar-refractivity contribution in [3.8, 4) is 9.88 Å². The van der Waals surface area contributed by atoms with Gasteiger partial charge in [-0.3, -0.25) is 4.90 Å². The summed E-state index contributed by atoms with van der Waals surface area (Å²) in [6.45, 7) is 5.10. The Labute approximate surface area is 155 Å². The average Bonchev–Trinajstić information content (AvgIpc) is 3.27. The first-order valence-corrected chi connectivity index (χ1v) is 10.1. The van der Waals surface area contributed by atoms with Crippen LogP contribution in [0.4, 0.5) is 5.69 Å². The topological polar surface area (TPSA) is 19.4 Å². The minimum atomic E-state index is 0.804. The molecule has 0 unspecified atom stereocenters. The number of thiophene rings is 1. The molecule has 1 aliphatic heterocycles. The van der Waals surface area contributed by atoms with Crippen molar-refractivity contribution in [1.29, 1.82) is 0 Å². The van der Waals surface area contributed by atoms with Gasteiger partial charge >= 0.3 is 0 Å².